The highest BCUT2D eigenvalue weighted by molar-refractivity contribution is 7.99. The van der Waals surface area contributed by atoms with Gasteiger partial charge in [0.25, 0.3) is 0 Å². The van der Waals surface area contributed by atoms with Gasteiger partial charge < -0.3 is 0 Å². The Labute approximate surface area is 145 Å². The van der Waals surface area contributed by atoms with Gasteiger partial charge in [-0.1, -0.05) is 71.6 Å². The summed E-state index contributed by atoms with van der Waals surface area (Å²) in [6.07, 6.45) is 16.9. The van der Waals surface area contributed by atoms with Crippen molar-refractivity contribution in [3.8, 4) is 0 Å². The summed E-state index contributed by atoms with van der Waals surface area (Å²) in [5, 5.41) is 0.551. The van der Waals surface area contributed by atoms with Crippen molar-refractivity contribution in [2.45, 2.75) is 116 Å². The van der Waals surface area contributed by atoms with Gasteiger partial charge in [0.1, 0.15) is 0 Å². The molecular weight excluding hydrogens is 286 g/mol. The van der Waals surface area contributed by atoms with Gasteiger partial charge in [0, 0.05) is 11.0 Å². The first kappa shape index (κ1) is 22.0. The summed E-state index contributed by atoms with van der Waals surface area (Å²) in [6, 6.07) is 0. The molecule has 0 aromatic rings. The largest absolute Gasteiger partial charge is 0.287 e. The summed E-state index contributed by atoms with van der Waals surface area (Å²) in [4.78, 5) is 5.19. The molecule has 0 spiro atoms. The first-order chi connectivity index (χ1) is 10.5. The number of aliphatic imine (C=N–C) groups is 1. The molecule has 132 valence electrons. The molecule has 0 heterocycles. The molecule has 22 heavy (non-hydrogen) atoms. The first-order valence-electron chi connectivity index (χ1n) is 9.58. The van der Waals surface area contributed by atoms with Gasteiger partial charge in [-0.25, -0.2) is 0 Å². The highest BCUT2D eigenvalue weighted by Gasteiger charge is 2.23. The average Bonchev–Trinajstić information content (AvgIpc) is 2.50. The van der Waals surface area contributed by atoms with E-state index in [0.717, 1.165) is 0 Å². The van der Waals surface area contributed by atoms with Crippen molar-refractivity contribution in [2.75, 3.05) is 6.26 Å². The summed E-state index contributed by atoms with van der Waals surface area (Å²) in [5.41, 5.74) is 1.51. The molecule has 0 saturated carbocycles. The number of nitrogens with zero attached hydrogens (tertiary/aromatic N) is 1. The molecule has 2 atom stereocenters. The third-order valence-electron chi connectivity index (χ3n) is 4.78. The van der Waals surface area contributed by atoms with Crippen molar-refractivity contribution in [1.29, 1.82) is 0 Å². The molecule has 1 nitrogen and oxygen atoms in total. The molecule has 0 aromatic heterocycles. The Hall–Kier alpha value is 0.0200. The van der Waals surface area contributed by atoms with E-state index in [1.807, 2.05) is 11.8 Å². The number of rotatable bonds is 14. The molecule has 0 aliphatic rings. The van der Waals surface area contributed by atoms with E-state index in [1.165, 1.54) is 76.3 Å². The van der Waals surface area contributed by atoms with E-state index < -0.39 is 0 Å². The standard InChI is InChI=1S/C20H41NS/c1-7-9-11-13-15-17-20(5,16-14-12-10-8-2)21-18(3)19(4)22-6/h19H,7-17H2,1-6H3/b21-18-. The van der Waals surface area contributed by atoms with Crippen molar-refractivity contribution < 1.29 is 0 Å². The molecule has 0 amide bonds. The van der Waals surface area contributed by atoms with Gasteiger partial charge in [0.15, 0.2) is 0 Å². The third kappa shape index (κ3) is 10.7. The Bertz CT molecular complexity index is 287. The second kappa shape index (κ2) is 13.5. The molecule has 0 aliphatic heterocycles. The number of unbranched alkanes of at least 4 members (excludes halogenated alkanes) is 7. The predicted octanol–water partition coefficient (Wildman–Crippen LogP) is 7.29. The van der Waals surface area contributed by atoms with E-state index >= 15 is 0 Å². The molecule has 0 radical (unpaired) electrons. The lowest BCUT2D eigenvalue weighted by Gasteiger charge is -2.28. The van der Waals surface area contributed by atoms with Gasteiger partial charge in [-0.05, 0) is 39.9 Å². The second-order valence-corrected chi connectivity index (χ2v) is 8.28. The highest BCUT2D eigenvalue weighted by Crippen LogP contribution is 2.28. The molecule has 0 saturated heterocycles. The lowest BCUT2D eigenvalue weighted by Crippen LogP contribution is -2.26. The SMILES string of the molecule is CCCCCCCC(C)(CCCCCC)/N=C(/C)C(C)SC. The summed E-state index contributed by atoms with van der Waals surface area (Å²) in [6.45, 7) is 11.5. The van der Waals surface area contributed by atoms with Crippen LogP contribution in [0.3, 0.4) is 0 Å². The van der Waals surface area contributed by atoms with E-state index in [2.05, 4.69) is 40.9 Å². The van der Waals surface area contributed by atoms with Crippen molar-refractivity contribution in [2.24, 2.45) is 4.99 Å². The zero-order chi connectivity index (χ0) is 16.8. The van der Waals surface area contributed by atoms with Crippen molar-refractivity contribution in [3.05, 3.63) is 0 Å². The Morgan fingerprint density at radius 2 is 1.36 bits per heavy atom. The minimum Gasteiger partial charge on any atom is -0.287 e. The van der Waals surface area contributed by atoms with Crippen LogP contribution >= 0.6 is 11.8 Å². The summed E-state index contributed by atoms with van der Waals surface area (Å²) < 4.78 is 0. The van der Waals surface area contributed by atoms with Crippen LogP contribution in [0.2, 0.25) is 0 Å². The van der Waals surface area contributed by atoms with Crippen molar-refractivity contribution in [1.82, 2.24) is 0 Å². The van der Waals surface area contributed by atoms with Crippen LogP contribution in [0, 0.1) is 0 Å². The van der Waals surface area contributed by atoms with E-state index in [1.54, 1.807) is 0 Å². The maximum Gasteiger partial charge on any atom is 0.0579 e. The van der Waals surface area contributed by atoms with Crippen LogP contribution in [0.5, 0.6) is 0 Å². The molecule has 0 fully saturated rings. The molecule has 0 aliphatic carbocycles. The van der Waals surface area contributed by atoms with E-state index in [0.29, 0.717) is 5.25 Å². The van der Waals surface area contributed by atoms with E-state index in [-0.39, 0.29) is 5.54 Å². The summed E-state index contributed by atoms with van der Waals surface area (Å²) in [5.74, 6) is 0. The van der Waals surface area contributed by atoms with E-state index in [4.69, 9.17) is 4.99 Å². The summed E-state index contributed by atoms with van der Waals surface area (Å²) >= 11 is 1.91. The Morgan fingerprint density at radius 3 is 1.82 bits per heavy atom. The van der Waals surface area contributed by atoms with Crippen LogP contribution in [0.4, 0.5) is 0 Å². The lowest BCUT2D eigenvalue weighted by atomic mass is 9.88. The number of hydrogen-bond donors (Lipinski definition) is 0. The predicted molar refractivity (Wildman–Crippen MR) is 107 cm³/mol. The molecular formula is C20H41NS. The van der Waals surface area contributed by atoms with Crippen LogP contribution in [-0.4, -0.2) is 22.8 Å². The second-order valence-electron chi connectivity index (χ2n) is 7.10. The Kier molecular flexibility index (Phi) is 13.5. The summed E-state index contributed by atoms with van der Waals surface area (Å²) in [7, 11) is 0. The van der Waals surface area contributed by atoms with E-state index in [9.17, 15) is 0 Å². The zero-order valence-electron chi connectivity index (χ0n) is 16.2. The fourth-order valence-electron chi connectivity index (χ4n) is 2.97. The average molecular weight is 328 g/mol. The lowest BCUT2D eigenvalue weighted by molar-refractivity contribution is 0.367. The third-order valence-corrected chi connectivity index (χ3v) is 5.82. The number of thioether (sulfide) groups is 1. The minimum absolute atomic E-state index is 0.175. The van der Waals surface area contributed by atoms with Gasteiger partial charge in [-0.3, -0.25) is 4.99 Å². The Morgan fingerprint density at radius 1 is 0.909 bits per heavy atom. The molecule has 0 N–H and O–H groups in total. The van der Waals surface area contributed by atoms with Crippen LogP contribution < -0.4 is 0 Å². The fraction of sp³-hybridized carbons (Fsp3) is 0.950. The van der Waals surface area contributed by atoms with Gasteiger partial charge in [-0.2, -0.15) is 11.8 Å². The highest BCUT2D eigenvalue weighted by atomic mass is 32.2. The molecule has 2 unspecified atom stereocenters. The van der Waals surface area contributed by atoms with Crippen LogP contribution in [0.15, 0.2) is 4.99 Å². The monoisotopic (exact) mass is 327 g/mol. The normalized spacial score (nSPS) is 16.5. The van der Waals surface area contributed by atoms with Crippen LogP contribution in [-0.2, 0) is 0 Å². The fourth-order valence-corrected chi connectivity index (χ4v) is 3.36. The maximum atomic E-state index is 5.19. The smallest absolute Gasteiger partial charge is 0.0579 e. The first-order valence-corrected chi connectivity index (χ1v) is 10.9. The van der Waals surface area contributed by atoms with Crippen molar-refractivity contribution >= 4 is 17.5 Å². The van der Waals surface area contributed by atoms with Gasteiger partial charge in [0.2, 0.25) is 0 Å². The topological polar surface area (TPSA) is 12.4 Å². The molecule has 0 bridgehead atoms. The van der Waals surface area contributed by atoms with Gasteiger partial charge >= 0.3 is 0 Å². The van der Waals surface area contributed by atoms with Gasteiger partial charge in [0.05, 0.1) is 5.54 Å². The molecule has 0 aromatic carbocycles. The molecule has 2 heteroatoms. The molecule has 0 rings (SSSR count). The van der Waals surface area contributed by atoms with Crippen molar-refractivity contribution in [3.63, 3.8) is 0 Å². The number of hydrogen-bond acceptors (Lipinski definition) is 2. The zero-order valence-corrected chi connectivity index (χ0v) is 17.0. The van der Waals surface area contributed by atoms with Crippen LogP contribution in [0.1, 0.15) is 105 Å². The quantitative estimate of drug-likeness (QED) is 0.241. The Balaban J connectivity index is 4.52. The minimum atomic E-state index is 0.175. The van der Waals surface area contributed by atoms with Crippen LogP contribution in [0.25, 0.3) is 0 Å². The maximum absolute atomic E-state index is 5.19. The van der Waals surface area contributed by atoms with Gasteiger partial charge in [-0.15, -0.1) is 0 Å².